The number of morpholine rings is 1. The molecule has 4 nitrogen and oxygen atoms in total. The molecule has 1 saturated heterocycles. The fourth-order valence-electron chi connectivity index (χ4n) is 3.65. The first kappa shape index (κ1) is 13.0. The summed E-state index contributed by atoms with van der Waals surface area (Å²) in [4.78, 5) is 6.81. The normalized spacial score (nSPS) is 30.8. The lowest BCUT2D eigenvalue weighted by Gasteiger charge is -2.44. The molecule has 4 unspecified atom stereocenters. The molecule has 1 aromatic heterocycles. The predicted molar refractivity (Wildman–Crippen MR) is 74.7 cm³/mol. The summed E-state index contributed by atoms with van der Waals surface area (Å²) in [7, 11) is 0. The molecule has 1 aliphatic heterocycles. The van der Waals surface area contributed by atoms with Crippen molar-refractivity contribution in [1.29, 1.82) is 0 Å². The Labute approximate surface area is 115 Å². The zero-order valence-electron chi connectivity index (χ0n) is 11.5. The number of pyridine rings is 1. The van der Waals surface area contributed by atoms with Crippen molar-refractivity contribution in [3.8, 4) is 0 Å². The molecule has 3 rings (SSSR count). The molecule has 0 spiro atoms. The van der Waals surface area contributed by atoms with Crippen LogP contribution in [0.4, 0.5) is 0 Å². The van der Waals surface area contributed by atoms with Crippen molar-refractivity contribution in [3.05, 3.63) is 30.1 Å². The van der Waals surface area contributed by atoms with Gasteiger partial charge in [0.1, 0.15) is 0 Å². The first-order chi connectivity index (χ1) is 9.27. The summed E-state index contributed by atoms with van der Waals surface area (Å²) in [6.07, 6.45) is 7.87. The van der Waals surface area contributed by atoms with Crippen LogP contribution in [0.5, 0.6) is 0 Å². The second kappa shape index (κ2) is 5.57. The summed E-state index contributed by atoms with van der Waals surface area (Å²) in [5, 5.41) is 0. The van der Waals surface area contributed by atoms with E-state index in [1.165, 1.54) is 24.8 Å². The summed E-state index contributed by atoms with van der Waals surface area (Å²) >= 11 is 0. The van der Waals surface area contributed by atoms with Crippen LogP contribution < -0.4 is 5.73 Å². The van der Waals surface area contributed by atoms with Gasteiger partial charge in [-0.3, -0.25) is 9.88 Å². The number of ether oxygens (including phenoxy) is 1. The van der Waals surface area contributed by atoms with Crippen LogP contribution in [0.2, 0.25) is 0 Å². The molecule has 1 aliphatic carbocycles. The van der Waals surface area contributed by atoms with Gasteiger partial charge in [0, 0.05) is 31.0 Å². The number of hydrogen-bond donors (Lipinski definition) is 1. The van der Waals surface area contributed by atoms with Crippen LogP contribution in [-0.2, 0) is 4.74 Å². The molecule has 0 aromatic carbocycles. The van der Waals surface area contributed by atoms with Gasteiger partial charge in [-0.25, -0.2) is 0 Å². The average molecular weight is 261 g/mol. The standard InChI is InChI=1S/C15H23N3O/c1-11(16)15(12-4-3-7-17-10-12)18-8-9-19-14-6-2-5-13(14)18/h3-4,7,10-11,13-15H,2,5-6,8-9,16H2,1H3. The first-order valence-corrected chi connectivity index (χ1v) is 7.30. The Morgan fingerprint density at radius 3 is 3.11 bits per heavy atom. The van der Waals surface area contributed by atoms with Crippen LogP contribution >= 0.6 is 0 Å². The molecule has 2 N–H and O–H groups in total. The third-order valence-corrected chi connectivity index (χ3v) is 4.41. The molecular weight excluding hydrogens is 238 g/mol. The van der Waals surface area contributed by atoms with E-state index in [1.54, 1.807) is 0 Å². The van der Waals surface area contributed by atoms with Gasteiger partial charge in [-0.15, -0.1) is 0 Å². The molecule has 0 radical (unpaired) electrons. The largest absolute Gasteiger partial charge is 0.375 e. The number of fused-ring (bicyclic) bond motifs is 1. The van der Waals surface area contributed by atoms with Crippen molar-refractivity contribution in [2.45, 2.75) is 50.4 Å². The van der Waals surface area contributed by atoms with E-state index >= 15 is 0 Å². The Balaban J connectivity index is 1.87. The number of rotatable bonds is 3. The number of aromatic nitrogens is 1. The van der Waals surface area contributed by atoms with E-state index in [0.29, 0.717) is 12.1 Å². The lowest BCUT2D eigenvalue weighted by molar-refractivity contribution is -0.0753. The third kappa shape index (κ3) is 2.53. The van der Waals surface area contributed by atoms with Crippen molar-refractivity contribution in [1.82, 2.24) is 9.88 Å². The van der Waals surface area contributed by atoms with Crippen LogP contribution in [-0.4, -0.2) is 41.2 Å². The van der Waals surface area contributed by atoms with Crippen LogP contribution in [0.25, 0.3) is 0 Å². The summed E-state index contributed by atoms with van der Waals surface area (Å²) in [6, 6.07) is 5.02. The van der Waals surface area contributed by atoms with E-state index in [-0.39, 0.29) is 12.1 Å². The maximum absolute atomic E-state index is 6.27. The maximum Gasteiger partial charge on any atom is 0.0731 e. The van der Waals surface area contributed by atoms with Gasteiger partial charge in [-0.05, 0) is 37.8 Å². The van der Waals surface area contributed by atoms with Crippen LogP contribution in [0.15, 0.2) is 24.5 Å². The second-order valence-corrected chi connectivity index (χ2v) is 5.74. The minimum absolute atomic E-state index is 0.101. The maximum atomic E-state index is 6.27. The van der Waals surface area contributed by atoms with Crippen LogP contribution in [0.3, 0.4) is 0 Å². The van der Waals surface area contributed by atoms with E-state index in [0.717, 1.165) is 13.2 Å². The molecule has 0 bridgehead atoms. The lowest BCUT2D eigenvalue weighted by Crippen LogP contribution is -2.53. The highest BCUT2D eigenvalue weighted by molar-refractivity contribution is 5.17. The Kier molecular flexibility index (Phi) is 3.82. The van der Waals surface area contributed by atoms with Crippen molar-refractivity contribution in [3.63, 3.8) is 0 Å². The molecule has 19 heavy (non-hydrogen) atoms. The number of hydrogen-bond acceptors (Lipinski definition) is 4. The van der Waals surface area contributed by atoms with Crippen molar-refractivity contribution >= 4 is 0 Å². The zero-order valence-corrected chi connectivity index (χ0v) is 11.5. The van der Waals surface area contributed by atoms with Gasteiger partial charge in [-0.2, -0.15) is 0 Å². The smallest absolute Gasteiger partial charge is 0.0731 e. The Morgan fingerprint density at radius 2 is 2.37 bits per heavy atom. The average Bonchev–Trinajstić information content (AvgIpc) is 2.89. The fraction of sp³-hybridized carbons (Fsp3) is 0.667. The minimum Gasteiger partial charge on any atom is -0.375 e. The summed E-state index contributed by atoms with van der Waals surface area (Å²) in [6.45, 7) is 3.89. The highest BCUT2D eigenvalue weighted by Gasteiger charge is 2.40. The van der Waals surface area contributed by atoms with Gasteiger partial charge in [0.2, 0.25) is 0 Å². The first-order valence-electron chi connectivity index (χ1n) is 7.30. The SMILES string of the molecule is CC(N)C(c1cccnc1)N1CCOC2CCCC21. The molecule has 2 fully saturated rings. The molecule has 2 heterocycles. The van der Waals surface area contributed by atoms with Gasteiger partial charge in [-0.1, -0.05) is 6.07 Å². The predicted octanol–water partition coefficient (Wildman–Crippen LogP) is 1.72. The third-order valence-electron chi connectivity index (χ3n) is 4.41. The second-order valence-electron chi connectivity index (χ2n) is 5.74. The van der Waals surface area contributed by atoms with E-state index < -0.39 is 0 Å². The lowest BCUT2D eigenvalue weighted by atomic mass is 9.97. The molecule has 0 amide bonds. The van der Waals surface area contributed by atoms with Crippen molar-refractivity contribution < 1.29 is 4.74 Å². The Bertz CT molecular complexity index is 409. The summed E-state index contributed by atoms with van der Waals surface area (Å²) in [5.41, 5.74) is 7.50. The quantitative estimate of drug-likeness (QED) is 0.900. The topological polar surface area (TPSA) is 51.4 Å². The monoisotopic (exact) mass is 261 g/mol. The van der Waals surface area contributed by atoms with Gasteiger partial charge >= 0.3 is 0 Å². The molecule has 1 aromatic rings. The van der Waals surface area contributed by atoms with E-state index in [4.69, 9.17) is 10.5 Å². The van der Waals surface area contributed by atoms with Gasteiger partial charge < -0.3 is 10.5 Å². The summed E-state index contributed by atoms with van der Waals surface area (Å²) in [5.74, 6) is 0. The van der Waals surface area contributed by atoms with E-state index in [9.17, 15) is 0 Å². The highest BCUT2D eigenvalue weighted by Crippen LogP contribution is 2.36. The molecular formula is C15H23N3O. The molecule has 2 aliphatic rings. The molecule has 104 valence electrons. The van der Waals surface area contributed by atoms with Gasteiger partial charge in [0.15, 0.2) is 0 Å². The summed E-state index contributed by atoms with van der Waals surface area (Å²) < 4.78 is 5.90. The van der Waals surface area contributed by atoms with E-state index in [1.807, 2.05) is 18.5 Å². The van der Waals surface area contributed by atoms with Crippen molar-refractivity contribution in [2.24, 2.45) is 5.73 Å². The fourth-order valence-corrected chi connectivity index (χ4v) is 3.65. The van der Waals surface area contributed by atoms with Gasteiger partial charge in [0.05, 0.1) is 18.8 Å². The molecule has 4 heteroatoms. The molecule has 1 saturated carbocycles. The van der Waals surface area contributed by atoms with Crippen LogP contribution in [0, 0.1) is 0 Å². The number of nitrogens with two attached hydrogens (primary N) is 1. The van der Waals surface area contributed by atoms with Crippen molar-refractivity contribution in [2.75, 3.05) is 13.2 Å². The minimum atomic E-state index is 0.101. The van der Waals surface area contributed by atoms with Crippen LogP contribution in [0.1, 0.15) is 37.8 Å². The Hall–Kier alpha value is -0.970. The number of nitrogens with zero attached hydrogens (tertiary/aromatic N) is 2. The Morgan fingerprint density at radius 1 is 1.47 bits per heavy atom. The van der Waals surface area contributed by atoms with E-state index in [2.05, 4.69) is 22.9 Å². The molecule has 4 atom stereocenters. The van der Waals surface area contributed by atoms with Gasteiger partial charge in [0.25, 0.3) is 0 Å². The zero-order chi connectivity index (χ0) is 13.2. The highest BCUT2D eigenvalue weighted by atomic mass is 16.5.